The Morgan fingerprint density at radius 2 is 2.00 bits per heavy atom. The van der Waals surface area contributed by atoms with Crippen LogP contribution in [0.3, 0.4) is 0 Å². The molecule has 1 unspecified atom stereocenters. The molecule has 1 aromatic rings. The van der Waals surface area contributed by atoms with Gasteiger partial charge in [0.25, 0.3) is 0 Å². The Morgan fingerprint density at radius 1 is 1.33 bits per heavy atom. The SMILES string of the molecule is CC(C)(OO)C1CC[C@](C)(c2ccccc2)OO1. The van der Waals surface area contributed by atoms with Crippen molar-refractivity contribution in [3.63, 3.8) is 0 Å². The van der Waals surface area contributed by atoms with Gasteiger partial charge in [-0.25, -0.2) is 14.7 Å². The second-order valence-electron chi connectivity index (χ2n) is 5.50. The zero-order valence-corrected chi connectivity index (χ0v) is 11.1. The van der Waals surface area contributed by atoms with E-state index in [4.69, 9.17) is 15.0 Å². The van der Waals surface area contributed by atoms with Crippen molar-refractivity contribution in [2.24, 2.45) is 0 Å². The summed E-state index contributed by atoms with van der Waals surface area (Å²) < 4.78 is 0. The molecule has 0 bridgehead atoms. The van der Waals surface area contributed by atoms with E-state index >= 15 is 0 Å². The number of rotatable bonds is 3. The summed E-state index contributed by atoms with van der Waals surface area (Å²) >= 11 is 0. The van der Waals surface area contributed by atoms with E-state index in [-0.39, 0.29) is 6.10 Å². The third kappa shape index (κ3) is 2.57. The van der Waals surface area contributed by atoms with Crippen LogP contribution in [-0.4, -0.2) is 17.0 Å². The molecule has 0 saturated carbocycles. The number of benzene rings is 1. The van der Waals surface area contributed by atoms with E-state index in [9.17, 15) is 0 Å². The van der Waals surface area contributed by atoms with Crippen LogP contribution in [-0.2, 0) is 20.3 Å². The van der Waals surface area contributed by atoms with Gasteiger partial charge in [-0.1, -0.05) is 30.3 Å². The lowest BCUT2D eigenvalue weighted by Gasteiger charge is -2.40. The fourth-order valence-electron chi connectivity index (χ4n) is 2.17. The fraction of sp³-hybridized carbons (Fsp3) is 0.571. The largest absolute Gasteiger partial charge is 0.251 e. The second-order valence-corrected chi connectivity index (χ2v) is 5.50. The minimum atomic E-state index is -0.766. The van der Waals surface area contributed by atoms with Crippen LogP contribution >= 0.6 is 0 Å². The van der Waals surface area contributed by atoms with E-state index in [1.54, 1.807) is 13.8 Å². The highest BCUT2D eigenvalue weighted by Gasteiger charge is 2.42. The molecule has 4 heteroatoms. The summed E-state index contributed by atoms with van der Waals surface area (Å²) in [6, 6.07) is 9.99. The molecule has 1 aliphatic rings. The molecule has 2 atom stereocenters. The van der Waals surface area contributed by atoms with Crippen molar-refractivity contribution in [1.82, 2.24) is 0 Å². The molecule has 0 aromatic heterocycles. The van der Waals surface area contributed by atoms with Crippen LogP contribution in [0.2, 0.25) is 0 Å². The number of hydrogen-bond acceptors (Lipinski definition) is 4. The first-order valence-corrected chi connectivity index (χ1v) is 6.20. The maximum Gasteiger partial charge on any atom is 0.127 e. The van der Waals surface area contributed by atoms with Crippen LogP contribution in [0.25, 0.3) is 0 Å². The summed E-state index contributed by atoms with van der Waals surface area (Å²) in [6.45, 7) is 5.55. The average molecular weight is 252 g/mol. The maximum atomic E-state index is 8.86. The molecule has 0 amide bonds. The fourth-order valence-corrected chi connectivity index (χ4v) is 2.17. The predicted molar refractivity (Wildman–Crippen MR) is 66.8 cm³/mol. The van der Waals surface area contributed by atoms with Gasteiger partial charge in [0.15, 0.2) is 0 Å². The number of hydrogen-bond donors (Lipinski definition) is 1. The van der Waals surface area contributed by atoms with Crippen molar-refractivity contribution in [3.05, 3.63) is 35.9 Å². The van der Waals surface area contributed by atoms with Crippen LogP contribution in [0.4, 0.5) is 0 Å². The van der Waals surface area contributed by atoms with Gasteiger partial charge in [-0.2, -0.15) is 0 Å². The minimum Gasteiger partial charge on any atom is -0.251 e. The van der Waals surface area contributed by atoms with Crippen LogP contribution in [0.1, 0.15) is 39.2 Å². The van der Waals surface area contributed by atoms with Crippen molar-refractivity contribution >= 4 is 0 Å². The van der Waals surface area contributed by atoms with Gasteiger partial charge >= 0.3 is 0 Å². The Balaban J connectivity index is 2.06. The first-order valence-electron chi connectivity index (χ1n) is 6.20. The Bertz CT molecular complexity index is 380. The van der Waals surface area contributed by atoms with Crippen LogP contribution in [0.5, 0.6) is 0 Å². The van der Waals surface area contributed by atoms with E-state index in [2.05, 4.69) is 4.89 Å². The molecular formula is C14H20O4. The summed E-state index contributed by atoms with van der Waals surface area (Å²) in [5, 5.41) is 8.86. The van der Waals surface area contributed by atoms with Crippen LogP contribution < -0.4 is 0 Å². The van der Waals surface area contributed by atoms with Gasteiger partial charge in [-0.05, 0) is 39.2 Å². The van der Waals surface area contributed by atoms with E-state index in [1.807, 2.05) is 37.3 Å². The smallest absolute Gasteiger partial charge is 0.127 e. The van der Waals surface area contributed by atoms with E-state index in [0.717, 1.165) is 18.4 Å². The molecule has 4 nitrogen and oxygen atoms in total. The molecule has 1 aromatic carbocycles. The lowest BCUT2D eigenvalue weighted by atomic mass is 9.86. The van der Waals surface area contributed by atoms with Crippen molar-refractivity contribution in [1.29, 1.82) is 0 Å². The zero-order valence-electron chi connectivity index (χ0n) is 11.1. The molecule has 2 rings (SSSR count). The van der Waals surface area contributed by atoms with Crippen LogP contribution in [0.15, 0.2) is 30.3 Å². The lowest BCUT2D eigenvalue weighted by Crippen LogP contribution is -2.46. The van der Waals surface area contributed by atoms with E-state index in [1.165, 1.54) is 0 Å². The van der Waals surface area contributed by atoms with E-state index < -0.39 is 11.2 Å². The van der Waals surface area contributed by atoms with Gasteiger partial charge in [0.2, 0.25) is 0 Å². The first-order chi connectivity index (χ1) is 8.48. The molecule has 1 fully saturated rings. The van der Waals surface area contributed by atoms with Gasteiger partial charge in [-0.3, -0.25) is 5.26 Å². The Hall–Kier alpha value is -0.940. The highest BCUT2D eigenvalue weighted by atomic mass is 17.2. The monoisotopic (exact) mass is 252 g/mol. The highest BCUT2D eigenvalue weighted by Crippen LogP contribution is 2.38. The molecule has 1 N–H and O–H groups in total. The van der Waals surface area contributed by atoms with E-state index in [0.29, 0.717) is 0 Å². The summed E-state index contributed by atoms with van der Waals surface area (Å²) in [7, 11) is 0. The zero-order chi connectivity index (χ0) is 13.2. The summed E-state index contributed by atoms with van der Waals surface area (Å²) in [6.07, 6.45) is 1.30. The second kappa shape index (κ2) is 4.97. The van der Waals surface area contributed by atoms with Gasteiger partial charge in [0, 0.05) is 0 Å². The molecular weight excluding hydrogens is 232 g/mol. The van der Waals surface area contributed by atoms with Crippen molar-refractivity contribution in [2.75, 3.05) is 0 Å². The Morgan fingerprint density at radius 3 is 2.50 bits per heavy atom. The standard InChI is InChI=1S/C14H20O4/c1-13(2,17-15)12-9-10-14(3,18-16-12)11-7-5-4-6-8-11/h4-8,12,15H,9-10H2,1-3H3/t12?,14-/m1/s1. The van der Waals surface area contributed by atoms with Crippen LogP contribution in [0, 0.1) is 0 Å². The predicted octanol–water partition coefficient (Wildman–Crippen LogP) is 3.28. The minimum absolute atomic E-state index is 0.278. The lowest BCUT2D eigenvalue weighted by molar-refractivity contribution is -0.451. The molecule has 0 aliphatic carbocycles. The molecule has 0 radical (unpaired) electrons. The normalized spacial score (nSPS) is 29.2. The molecule has 100 valence electrons. The van der Waals surface area contributed by atoms with Gasteiger partial charge in [0.1, 0.15) is 17.3 Å². The topological polar surface area (TPSA) is 47.9 Å². The van der Waals surface area contributed by atoms with Gasteiger partial charge in [-0.15, -0.1) is 0 Å². The summed E-state index contributed by atoms with van der Waals surface area (Å²) in [4.78, 5) is 15.4. The highest BCUT2D eigenvalue weighted by molar-refractivity contribution is 5.21. The third-order valence-corrected chi connectivity index (χ3v) is 3.63. The van der Waals surface area contributed by atoms with Gasteiger partial charge < -0.3 is 0 Å². The molecule has 18 heavy (non-hydrogen) atoms. The molecule has 0 spiro atoms. The van der Waals surface area contributed by atoms with Crippen molar-refractivity contribution in [2.45, 2.75) is 50.9 Å². The molecule has 1 heterocycles. The van der Waals surface area contributed by atoms with Crippen molar-refractivity contribution in [3.8, 4) is 0 Å². The summed E-state index contributed by atoms with van der Waals surface area (Å²) in [5.41, 5.74) is -0.118. The quantitative estimate of drug-likeness (QED) is 0.662. The summed E-state index contributed by atoms with van der Waals surface area (Å²) in [5.74, 6) is 0. The molecule has 1 aliphatic heterocycles. The van der Waals surface area contributed by atoms with Crippen molar-refractivity contribution < 1.29 is 19.9 Å². The van der Waals surface area contributed by atoms with Gasteiger partial charge in [0.05, 0.1) is 0 Å². The third-order valence-electron chi connectivity index (χ3n) is 3.63. The maximum absolute atomic E-state index is 8.86. The Labute approximate surface area is 107 Å². The average Bonchev–Trinajstić information content (AvgIpc) is 2.40. The molecule has 1 saturated heterocycles. The first kappa shape index (κ1) is 13.5. The Kier molecular flexibility index (Phi) is 3.73.